The molecule has 0 spiro atoms. The third-order valence-electron chi connectivity index (χ3n) is 8.49. The molecule has 0 amide bonds. The van der Waals surface area contributed by atoms with E-state index in [0.717, 1.165) is 38.5 Å². The van der Waals surface area contributed by atoms with Gasteiger partial charge in [0.15, 0.2) is 5.79 Å². The normalized spacial score (nSPS) is 13.7. The summed E-state index contributed by atoms with van der Waals surface area (Å²) in [5, 5.41) is 0. The van der Waals surface area contributed by atoms with E-state index in [1.165, 1.54) is 70.6 Å². The second-order valence-electron chi connectivity index (χ2n) is 11.9. The molecule has 0 aliphatic heterocycles. The van der Waals surface area contributed by atoms with Gasteiger partial charge < -0.3 is 33.2 Å². The first-order valence-electron chi connectivity index (χ1n) is 19.0. The van der Waals surface area contributed by atoms with E-state index in [1.807, 2.05) is 40.7 Å². The Hall–Kier alpha value is -0.540. The SMILES string of the molecule is C=CCC.CCCCCCCCC(CCC)(OC)C(C)(OC)OC.CCCCCCCCC(OCC)C(OCC)(OCC)OCC. The van der Waals surface area contributed by atoms with Crippen LogP contribution in [-0.4, -0.2) is 71.2 Å². The molecule has 280 valence electrons. The molecular formula is C39H82O7. The first kappa shape index (κ1) is 49.8. The van der Waals surface area contributed by atoms with E-state index in [4.69, 9.17) is 33.2 Å². The van der Waals surface area contributed by atoms with Crippen LogP contribution < -0.4 is 0 Å². The number of hydrogen-bond donors (Lipinski definition) is 0. The Kier molecular flexibility index (Phi) is 37.2. The Bertz CT molecular complexity index is 594. The Morgan fingerprint density at radius 2 is 0.978 bits per heavy atom. The number of ether oxygens (including phenoxy) is 7. The summed E-state index contributed by atoms with van der Waals surface area (Å²) in [6, 6.07) is 0. The molecule has 7 heteroatoms. The second-order valence-corrected chi connectivity index (χ2v) is 11.9. The molecule has 0 aliphatic rings. The number of unbranched alkanes of at least 4 members (excludes halogenated alkanes) is 10. The Labute approximate surface area is 288 Å². The number of allylic oxidation sites excluding steroid dienone is 1. The van der Waals surface area contributed by atoms with Crippen molar-refractivity contribution in [1.29, 1.82) is 0 Å². The topological polar surface area (TPSA) is 64.6 Å². The lowest BCUT2D eigenvalue weighted by atomic mass is 9.83. The van der Waals surface area contributed by atoms with E-state index in [1.54, 1.807) is 21.3 Å². The molecule has 2 atom stereocenters. The average molecular weight is 663 g/mol. The van der Waals surface area contributed by atoms with Gasteiger partial charge in [0.2, 0.25) is 0 Å². The summed E-state index contributed by atoms with van der Waals surface area (Å²) in [6.45, 7) is 24.3. The van der Waals surface area contributed by atoms with Crippen molar-refractivity contribution in [2.45, 2.75) is 195 Å². The van der Waals surface area contributed by atoms with Crippen LogP contribution >= 0.6 is 0 Å². The van der Waals surface area contributed by atoms with Gasteiger partial charge in [-0.05, 0) is 60.3 Å². The fourth-order valence-corrected chi connectivity index (χ4v) is 5.70. The lowest BCUT2D eigenvalue weighted by Gasteiger charge is -2.45. The summed E-state index contributed by atoms with van der Waals surface area (Å²) in [4.78, 5) is 0. The molecule has 0 heterocycles. The van der Waals surface area contributed by atoms with Crippen molar-refractivity contribution in [3.63, 3.8) is 0 Å². The highest BCUT2D eigenvalue weighted by atomic mass is 16.9. The van der Waals surface area contributed by atoms with Crippen LogP contribution in [0.5, 0.6) is 0 Å². The smallest absolute Gasteiger partial charge is 0.310 e. The summed E-state index contributed by atoms with van der Waals surface area (Å²) in [7, 11) is 5.19. The molecule has 46 heavy (non-hydrogen) atoms. The Morgan fingerprint density at radius 3 is 1.33 bits per heavy atom. The minimum absolute atomic E-state index is 0.177. The summed E-state index contributed by atoms with van der Waals surface area (Å²) >= 11 is 0. The average Bonchev–Trinajstić information content (AvgIpc) is 3.07. The molecule has 0 rings (SSSR count). The molecule has 0 saturated carbocycles. The van der Waals surface area contributed by atoms with Crippen molar-refractivity contribution in [3.8, 4) is 0 Å². The fourth-order valence-electron chi connectivity index (χ4n) is 5.70. The van der Waals surface area contributed by atoms with Gasteiger partial charge in [-0.25, -0.2) is 0 Å². The molecule has 0 bridgehead atoms. The van der Waals surface area contributed by atoms with Crippen molar-refractivity contribution in [2.24, 2.45) is 0 Å². The minimum Gasteiger partial charge on any atom is -0.373 e. The van der Waals surface area contributed by atoms with Crippen LogP contribution in [-0.2, 0) is 33.2 Å². The maximum Gasteiger partial charge on any atom is 0.310 e. The number of rotatable bonds is 30. The zero-order valence-electron chi connectivity index (χ0n) is 33.1. The van der Waals surface area contributed by atoms with Crippen molar-refractivity contribution in [2.75, 3.05) is 47.8 Å². The van der Waals surface area contributed by atoms with Crippen molar-refractivity contribution in [3.05, 3.63) is 12.7 Å². The first-order valence-corrected chi connectivity index (χ1v) is 19.0. The van der Waals surface area contributed by atoms with Gasteiger partial charge in [0.1, 0.15) is 11.7 Å². The zero-order chi connectivity index (χ0) is 35.6. The summed E-state index contributed by atoms with van der Waals surface area (Å²) in [6.07, 6.45) is 22.0. The number of methoxy groups -OCH3 is 3. The van der Waals surface area contributed by atoms with Crippen LogP contribution in [0.15, 0.2) is 12.7 Å². The lowest BCUT2D eigenvalue weighted by Crippen LogP contribution is -2.56. The van der Waals surface area contributed by atoms with Crippen molar-refractivity contribution < 1.29 is 33.2 Å². The van der Waals surface area contributed by atoms with Gasteiger partial charge in [0.25, 0.3) is 0 Å². The largest absolute Gasteiger partial charge is 0.373 e. The van der Waals surface area contributed by atoms with Gasteiger partial charge in [0, 0.05) is 47.8 Å². The first-order chi connectivity index (χ1) is 22.2. The molecule has 0 fully saturated rings. The molecule has 0 aromatic carbocycles. The van der Waals surface area contributed by atoms with E-state index >= 15 is 0 Å². The lowest BCUT2D eigenvalue weighted by molar-refractivity contribution is -0.415. The standard InChI is InChI=1S/C18H38O4.C17H36O3.C4H8/c1-6-11-12-13-14-15-16-17(19-7-2)18(20-8-3,21-9-4)22-10-5;1-7-9-10-11-12-13-15-17(20-6,14-8-2)16(3,18-4)19-5;1-3-4-2/h17H,6-16H2,1-5H3;7-15H2,1-6H3;3H,1,4H2,2H3. The maximum atomic E-state index is 5.92. The van der Waals surface area contributed by atoms with Crippen molar-refractivity contribution >= 4 is 0 Å². The summed E-state index contributed by atoms with van der Waals surface area (Å²) < 4.78 is 40.7. The summed E-state index contributed by atoms with van der Waals surface area (Å²) in [5.74, 6) is -1.74. The van der Waals surface area contributed by atoms with Crippen molar-refractivity contribution in [1.82, 2.24) is 0 Å². The van der Waals surface area contributed by atoms with Crippen LogP contribution in [0.1, 0.15) is 171 Å². The third kappa shape index (κ3) is 21.4. The Balaban J connectivity index is -0.000000721. The molecule has 0 aromatic heterocycles. The monoisotopic (exact) mass is 663 g/mol. The molecule has 0 aromatic rings. The van der Waals surface area contributed by atoms with Gasteiger partial charge in [-0.2, -0.15) is 0 Å². The van der Waals surface area contributed by atoms with Gasteiger partial charge in [0.05, 0.1) is 0 Å². The molecular weight excluding hydrogens is 580 g/mol. The maximum absolute atomic E-state index is 5.92. The predicted molar refractivity (Wildman–Crippen MR) is 197 cm³/mol. The summed E-state index contributed by atoms with van der Waals surface area (Å²) in [5.41, 5.74) is -0.351. The van der Waals surface area contributed by atoms with Crippen LogP contribution in [0.25, 0.3) is 0 Å². The minimum atomic E-state index is -1.06. The molecule has 0 radical (unpaired) electrons. The number of hydrogen-bond acceptors (Lipinski definition) is 7. The molecule has 7 nitrogen and oxygen atoms in total. The van der Waals surface area contributed by atoms with Crippen LogP contribution in [0.4, 0.5) is 0 Å². The van der Waals surface area contributed by atoms with E-state index in [0.29, 0.717) is 26.4 Å². The second kappa shape index (κ2) is 34.3. The van der Waals surface area contributed by atoms with Gasteiger partial charge in [-0.3, -0.25) is 0 Å². The fraction of sp³-hybridized carbons (Fsp3) is 0.949. The third-order valence-corrected chi connectivity index (χ3v) is 8.49. The van der Waals surface area contributed by atoms with Gasteiger partial charge in [-0.1, -0.05) is 117 Å². The highest BCUT2D eigenvalue weighted by Gasteiger charge is 2.48. The van der Waals surface area contributed by atoms with Crippen LogP contribution in [0, 0.1) is 0 Å². The molecule has 0 saturated heterocycles. The van der Waals surface area contributed by atoms with E-state index in [2.05, 4.69) is 34.3 Å². The zero-order valence-corrected chi connectivity index (χ0v) is 33.1. The predicted octanol–water partition coefficient (Wildman–Crippen LogP) is 11.4. The Morgan fingerprint density at radius 1 is 0.543 bits per heavy atom. The molecule has 2 unspecified atom stereocenters. The quantitative estimate of drug-likeness (QED) is 0.0431. The van der Waals surface area contributed by atoms with E-state index in [9.17, 15) is 0 Å². The molecule has 0 aliphatic carbocycles. The molecule has 0 N–H and O–H groups in total. The van der Waals surface area contributed by atoms with Crippen LogP contribution in [0.2, 0.25) is 0 Å². The van der Waals surface area contributed by atoms with Gasteiger partial charge >= 0.3 is 5.97 Å². The van der Waals surface area contributed by atoms with E-state index < -0.39 is 11.8 Å². The van der Waals surface area contributed by atoms with Gasteiger partial charge in [-0.15, -0.1) is 6.58 Å². The highest BCUT2D eigenvalue weighted by molar-refractivity contribution is 4.93. The van der Waals surface area contributed by atoms with E-state index in [-0.39, 0.29) is 11.7 Å². The van der Waals surface area contributed by atoms with Crippen LogP contribution in [0.3, 0.4) is 0 Å². The highest BCUT2D eigenvalue weighted by Crippen LogP contribution is 2.38.